The molecule has 0 bridgehead atoms. The van der Waals surface area contributed by atoms with Crippen molar-refractivity contribution < 1.29 is 32.7 Å². The van der Waals surface area contributed by atoms with Gasteiger partial charge in [0, 0.05) is 11.6 Å². The molecule has 1 aromatic heterocycles. The fourth-order valence-electron chi connectivity index (χ4n) is 3.69. The van der Waals surface area contributed by atoms with E-state index in [1.165, 1.54) is 23.1 Å². The Morgan fingerprint density at radius 2 is 1.97 bits per heavy atom. The summed E-state index contributed by atoms with van der Waals surface area (Å²) in [5, 5.41) is 2.84. The van der Waals surface area contributed by atoms with Gasteiger partial charge in [0.05, 0.1) is 12.2 Å². The van der Waals surface area contributed by atoms with Crippen LogP contribution in [-0.4, -0.2) is 36.9 Å². The van der Waals surface area contributed by atoms with Gasteiger partial charge >= 0.3 is 0 Å². The van der Waals surface area contributed by atoms with Crippen LogP contribution in [0.25, 0.3) is 0 Å². The minimum Gasteiger partial charge on any atom is -0.485 e. The number of Topliss-reactive ketones (excluding diaryl/α,β-unsaturated/α-hetero) is 1. The van der Waals surface area contributed by atoms with Crippen molar-refractivity contribution in [2.75, 3.05) is 18.1 Å². The molecule has 0 fully saturated rings. The number of benzene rings is 2. The maximum Gasteiger partial charge on any atom is 0.287 e. The first-order valence-corrected chi connectivity index (χ1v) is 11.6. The number of nitrogens with zero attached hydrogens (tertiary/aromatic N) is 1. The molecule has 4 rings (SSSR count). The van der Waals surface area contributed by atoms with Crippen molar-refractivity contribution >= 4 is 23.3 Å². The van der Waals surface area contributed by atoms with Crippen LogP contribution in [0.5, 0.6) is 11.5 Å². The monoisotopic (exact) mass is 494 g/mol. The summed E-state index contributed by atoms with van der Waals surface area (Å²) in [5.41, 5.74) is 1.32. The van der Waals surface area contributed by atoms with E-state index in [-0.39, 0.29) is 55.0 Å². The number of ether oxygens (including phenoxy) is 2. The van der Waals surface area contributed by atoms with Gasteiger partial charge in [-0.25, -0.2) is 4.39 Å². The molecular weight excluding hydrogens is 467 g/mol. The number of furan rings is 1. The number of rotatable bonds is 9. The Labute approximate surface area is 208 Å². The molecule has 1 atom stereocenters. The highest BCUT2D eigenvalue weighted by Gasteiger charge is 2.28. The zero-order valence-corrected chi connectivity index (χ0v) is 20.3. The lowest BCUT2D eigenvalue weighted by molar-refractivity contribution is -0.121. The van der Waals surface area contributed by atoms with Crippen LogP contribution in [0.4, 0.5) is 10.1 Å². The smallest absolute Gasteiger partial charge is 0.287 e. The molecule has 9 heteroatoms. The molecule has 0 radical (unpaired) electrons. The Morgan fingerprint density at radius 3 is 2.72 bits per heavy atom. The van der Waals surface area contributed by atoms with Gasteiger partial charge in [0.15, 0.2) is 24.8 Å². The number of halogens is 1. The number of carbonyl (C=O) groups excluding carboxylic acids is 3. The van der Waals surface area contributed by atoms with E-state index in [2.05, 4.69) is 5.32 Å². The SMILES string of the molecule is CCC(C)NC(=O)c1ccc(CN2C(=O)COc3ccc(C(=O)COc4ccc(F)cc4C)cc32)o1. The topological polar surface area (TPSA) is 98.1 Å². The minimum absolute atomic E-state index is 0.00524. The lowest BCUT2D eigenvalue weighted by Crippen LogP contribution is -2.38. The molecule has 1 N–H and O–H groups in total. The first-order chi connectivity index (χ1) is 17.2. The second-order valence-electron chi connectivity index (χ2n) is 8.62. The van der Waals surface area contributed by atoms with Crippen LogP contribution in [0.15, 0.2) is 52.9 Å². The highest BCUT2D eigenvalue weighted by atomic mass is 19.1. The van der Waals surface area contributed by atoms with Gasteiger partial charge in [-0.15, -0.1) is 0 Å². The molecule has 3 aromatic rings. The largest absolute Gasteiger partial charge is 0.485 e. The van der Waals surface area contributed by atoms with Gasteiger partial charge in [0.25, 0.3) is 11.8 Å². The average Bonchev–Trinajstić information content (AvgIpc) is 3.33. The summed E-state index contributed by atoms with van der Waals surface area (Å²) in [6, 6.07) is 12.1. The second kappa shape index (κ2) is 10.6. The summed E-state index contributed by atoms with van der Waals surface area (Å²) in [6.45, 7) is 5.21. The van der Waals surface area contributed by atoms with Crippen molar-refractivity contribution in [1.82, 2.24) is 5.32 Å². The number of hydrogen-bond donors (Lipinski definition) is 1. The summed E-state index contributed by atoms with van der Waals surface area (Å²) < 4.78 is 30.1. The molecule has 0 saturated heterocycles. The Hall–Kier alpha value is -4.14. The fourth-order valence-corrected chi connectivity index (χ4v) is 3.69. The third-order valence-corrected chi connectivity index (χ3v) is 5.91. The first-order valence-electron chi connectivity index (χ1n) is 11.6. The van der Waals surface area contributed by atoms with Crippen molar-refractivity contribution in [2.24, 2.45) is 0 Å². The number of hydrogen-bond acceptors (Lipinski definition) is 6. The van der Waals surface area contributed by atoms with Crippen molar-refractivity contribution in [3.8, 4) is 11.5 Å². The predicted molar refractivity (Wildman–Crippen MR) is 130 cm³/mol. The zero-order chi connectivity index (χ0) is 25.8. The highest BCUT2D eigenvalue weighted by Crippen LogP contribution is 2.34. The van der Waals surface area contributed by atoms with E-state index in [1.807, 2.05) is 13.8 Å². The average molecular weight is 495 g/mol. The third-order valence-electron chi connectivity index (χ3n) is 5.91. The van der Waals surface area contributed by atoms with E-state index in [0.29, 0.717) is 34.1 Å². The molecule has 2 amide bonds. The van der Waals surface area contributed by atoms with Crippen LogP contribution >= 0.6 is 0 Å². The summed E-state index contributed by atoms with van der Waals surface area (Å²) in [4.78, 5) is 39.3. The van der Waals surface area contributed by atoms with Crippen LogP contribution in [-0.2, 0) is 11.3 Å². The van der Waals surface area contributed by atoms with E-state index in [9.17, 15) is 18.8 Å². The predicted octanol–water partition coefficient (Wildman–Crippen LogP) is 4.44. The Bertz CT molecular complexity index is 1300. The Balaban J connectivity index is 1.49. The zero-order valence-electron chi connectivity index (χ0n) is 20.3. The molecule has 2 aromatic carbocycles. The van der Waals surface area contributed by atoms with Crippen molar-refractivity contribution in [3.63, 3.8) is 0 Å². The van der Waals surface area contributed by atoms with Crippen LogP contribution < -0.4 is 19.7 Å². The van der Waals surface area contributed by atoms with E-state index >= 15 is 0 Å². The van der Waals surface area contributed by atoms with Gasteiger partial charge in [-0.1, -0.05) is 6.92 Å². The van der Waals surface area contributed by atoms with E-state index < -0.39 is 0 Å². The number of nitrogens with one attached hydrogen (secondary N) is 1. The molecule has 0 spiro atoms. The summed E-state index contributed by atoms with van der Waals surface area (Å²) in [6.07, 6.45) is 0.786. The van der Waals surface area contributed by atoms with Gasteiger partial charge in [0.1, 0.15) is 23.1 Å². The summed E-state index contributed by atoms with van der Waals surface area (Å²) >= 11 is 0. The van der Waals surface area contributed by atoms with Gasteiger partial charge < -0.3 is 19.2 Å². The lowest BCUT2D eigenvalue weighted by atomic mass is 10.1. The van der Waals surface area contributed by atoms with Crippen molar-refractivity contribution in [1.29, 1.82) is 0 Å². The van der Waals surface area contributed by atoms with Crippen LogP contribution in [0.3, 0.4) is 0 Å². The number of fused-ring (bicyclic) bond motifs is 1. The van der Waals surface area contributed by atoms with Crippen LogP contribution in [0.2, 0.25) is 0 Å². The molecule has 0 aliphatic carbocycles. The van der Waals surface area contributed by atoms with Gasteiger partial charge in [-0.3, -0.25) is 19.3 Å². The fraction of sp³-hybridized carbons (Fsp3) is 0.296. The molecule has 0 saturated carbocycles. The third kappa shape index (κ3) is 5.56. The van der Waals surface area contributed by atoms with E-state index in [4.69, 9.17) is 13.9 Å². The summed E-state index contributed by atoms with van der Waals surface area (Å²) in [5.74, 6) is 0.0881. The standard InChI is InChI=1S/C27H27FN2O6/c1-4-17(3)29-27(33)25-10-7-20(36-25)13-30-21-12-18(5-8-24(21)35-15-26(30)32)22(31)14-34-23-9-6-19(28)11-16(23)2/h5-12,17H,4,13-15H2,1-3H3,(H,29,33). The quantitative estimate of drug-likeness (QED) is 0.442. The molecule has 1 unspecified atom stereocenters. The van der Waals surface area contributed by atoms with E-state index in [1.54, 1.807) is 37.3 Å². The highest BCUT2D eigenvalue weighted by molar-refractivity contribution is 6.02. The molecule has 2 heterocycles. The number of anilines is 1. The lowest BCUT2D eigenvalue weighted by Gasteiger charge is -2.29. The maximum absolute atomic E-state index is 13.3. The second-order valence-corrected chi connectivity index (χ2v) is 8.62. The summed E-state index contributed by atoms with van der Waals surface area (Å²) in [7, 11) is 0. The molecule has 1 aliphatic heterocycles. The Morgan fingerprint density at radius 1 is 1.17 bits per heavy atom. The van der Waals surface area contributed by atoms with Crippen LogP contribution in [0, 0.1) is 12.7 Å². The number of aryl methyl sites for hydroxylation is 1. The molecular formula is C27H27FN2O6. The van der Waals surface area contributed by atoms with Gasteiger partial charge in [-0.2, -0.15) is 0 Å². The normalized spacial score (nSPS) is 13.6. The molecule has 36 heavy (non-hydrogen) atoms. The molecule has 8 nitrogen and oxygen atoms in total. The molecule has 1 aliphatic rings. The van der Waals surface area contributed by atoms with E-state index in [0.717, 1.165) is 6.42 Å². The minimum atomic E-state index is -0.384. The van der Waals surface area contributed by atoms with Gasteiger partial charge in [-0.05, 0) is 74.4 Å². The van der Waals surface area contributed by atoms with Crippen LogP contribution in [0.1, 0.15) is 52.5 Å². The maximum atomic E-state index is 13.3. The van der Waals surface area contributed by atoms with Crippen molar-refractivity contribution in [3.05, 3.63) is 77.0 Å². The Kier molecular flexibility index (Phi) is 7.38. The van der Waals surface area contributed by atoms with Gasteiger partial charge in [0.2, 0.25) is 0 Å². The number of carbonyl (C=O) groups is 3. The number of amides is 2. The molecule has 188 valence electrons. The van der Waals surface area contributed by atoms with Crippen molar-refractivity contribution in [2.45, 2.75) is 39.8 Å². The number of ketones is 1. The first kappa shape index (κ1) is 25.0.